The van der Waals surface area contributed by atoms with Gasteiger partial charge in [-0.15, -0.1) is 11.8 Å². The third-order valence-electron chi connectivity index (χ3n) is 2.41. The van der Waals surface area contributed by atoms with Crippen LogP contribution >= 0.6 is 11.8 Å². The molecule has 0 saturated carbocycles. The van der Waals surface area contributed by atoms with Crippen molar-refractivity contribution in [2.24, 2.45) is 0 Å². The fourth-order valence-corrected chi connectivity index (χ4v) is 2.27. The lowest BCUT2D eigenvalue weighted by atomic mass is 10.0. The van der Waals surface area contributed by atoms with E-state index in [2.05, 4.69) is 45.0 Å². The first-order valence-corrected chi connectivity index (χ1v) is 5.89. The summed E-state index contributed by atoms with van der Waals surface area (Å²) >= 11 is 1.90. The molecule has 0 bridgehead atoms. The van der Waals surface area contributed by atoms with Crippen LogP contribution in [0.2, 0.25) is 0 Å². The van der Waals surface area contributed by atoms with Crippen LogP contribution in [-0.4, -0.2) is 11.9 Å². The molecule has 1 aromatic rings. The third-order valence-corrected chi connectivity index (χ3v) is 3.43. The van der Waals surface area contributed by atoms with E-state index in [0.717, 1.165) is 6.61 Å². The van der Waals surface area contributed by atoms with Crippen LogP contribution < -0.4 is 0 Å². The maximum Gasteiger partial charge on any atom is 0.114 e. The molecule has 0 amide bonds. The average molecular weight is 208 g/mol. The number of hydrogen-bond donors (Lipinski definition) is 0. The molecule has 1 aliphatic rings. The molecule has 14 heavy (non-hydrogen) atoms. The topological polar surface area (TPSA) is 12.5 Å². The Kier molecular flexibility index (Phi) is 2.58. The summed E-state index contributed by atoms with van der Waals surface area (Å²) in [6, 6.07) is 8.73. The Bertz CT molecular complexity index is 312. The second kappa shape index (κ2) is 3.59. The largest absolute Gasteiger partial charge is 0.365 e. The molecule has 76 valence electrons. The van der Waals surface area contributed by atoms with Crippen LogP contribution in [0.4, 0.5) is 0 Å². The van der Waals surface area contributed by atoms with Crippen molar-refractivity contribution in [3.8, 4) is 0 Å². The minimum absolute atomic E-state index is 0.0149. The SMILES string of the molecule is CC(C)Sc1ccc(C2(C)CO2)cc1. The van der Waals surface area contributed by atoms with Gasteiger partial charge in [-0.3, -0.25) is 0 Å². The van der Waals surface area contributed by atoms with Crippen LogP contribution in [-0.2, 0) is 10.3 Å². The van der Waals surface area contributed by atoms with Crippen LogP contribution in [0.5, 0.6) is 0 Å². The van der Waals surface area contributed by atoms with Gasteiger partial charge in [0.1, 0.15) is 5.60 Å². The molecule has 1 saturated heterocycles. The number of thioether (sulfide) groups is 1. The maximum atomic E-state index is 5.40. The predicted octanol–water partition coefficient (Wildman–Crippen LogP) is 3.43. The van der Waals surface area contributed by atoms with Crippen LogP contribution in [0.1, 0.15) is 26.3 Å². The zero-order valence-electron chi connectivity index (χ0n) is 8.91. The van der Waals surface area contributed by atoms with Crippen LogP contribution in [0, 0.1) is 0 Å². The summed E-state index contributed by atoms with van der Waals surface area (Å²) in [7, 11) is 0. The van der Waals surface area contributed by atoms with Gasteiger partial charge in [0.2, 0.25) is 0 Å². The molecule has 1 unspecified atom stereocenters. The van der Waals surface area contributed by atoms with Crippen molar-refractivity contribution in [3.05, 3.63) is 29.8 Å². The molecule has 2 heteroatoms. The monoisotopic (exact) mass is 208 g/mol. The molecule has 1 nitrogen and oxygen atoms in total. The second-order valence-electron chi connectivity index (χ2n) is 4.21. The van der Waals surface area contributed by atoms with Crippen molar-refractivity contribution in [1.82, 2.24) is 0 Å². The molecule has 2 rings (SSSR count). The first-order chi connectivity index (χ1) is 6.60. The summed E-state index contributed by atoms with van der Waals surface area (Å²) in [6.07, 6.45) is 0. The van der Waals surface area contributed by atoms with Gasteiger partial charge in [-0.1, -0.05) is 26.0 Å². The van der Waals surface area contributed by atoms with Gasteiger partial charge in [-0.2, -0.15) is 0 Å². The third kappa shape index (κ3) is 2.12. The Balaban J connectivity index is 2.10. The molecular weight excluding hydrogens is 192 g/mol. The standard InChI is InChI=1S/C12H16OS/c1-9(2)14-11-6-4-10(5-7-11)12(3)8-13-12/h4-7,9H,8H2,1-3H3. The average Bonchev–Trinajstić information content (AvgIpc) is 2.85. The van der Waals surface area contributed by atoms with E-state index in [1.807, 2.05) is 11.8 Å². The molecule has 1 aromatic carbocycles. The van der Waals surface area contributed by atoms with Gasteiger partial charge in [0.05, 0.1) is 6.61 Å². The molecular formula is C12H16OS. The molecule has 0 N–H and O–H groups in total. The van der Waals surface area contributed by atoms with Crippen LogP contribution in [0.25, 0.3) is 0 Å². The highest BCUT2D eigenvalue weighted by atomic mass is 32.2. The summed E-state index contributed by atoms with van der Waals surface area (Å²) in [4.78, 5) is 1.34. The second-order valence-corrected chi connectivity index (χ2v) is 5.86. The van der Waals surface area contributed by atoms with E-state index in [-0.39, 0.29) is 5.60 Å². The van der Waals surface area contributed by atoms with Crippen molar-refractivity contribution >= 4 is 11.8 Å². The fourth-order valence-electron chi connectivity index (χ4n) is 1.43. The van der Waals surface area contributed by atoms with Crippen molar-refractivity contribution in [1.29, 1.82) is 0 Å². The van der Waals surface area contributed by atoms with Gasteiger partial charge in [-0.05, 0) is 24.6 Å². The maximum absolute atomic E-state index is 5.40. The normalized spacial score (nSPS) is 25.4. The Labute approximate surface area is 89.9 Å². The quantitative estimate of drug-likeness (QED) is 0.557. The van der Waals surface area contributed by atoms with E-state index >= 15 is 0 Å². The molecule has 1 heterocycles. The van der Waals surface area contributed by atoms with Gasteiger partial charge in [-0.25, -0.2) is 0 Å². The van der Waals surface area contributed by atoms with Gasteiger partial charge in [0.25, 0.3) is 0 Å². The minimum Gasteiger partial charge on any atom is -0.365 e. The molecule has 0 radical (unpaired) electrons. The zero-order valence-corrected chi connectivity index (χ0v) is 9.73. The van der Waals surface area contributed by atoms with E-state index in [4.69, 9.17) is 4.74 Å². The molecule has 0 spiro atoms. The minimum atomic E-state index is 0.0149. The molecule has 0 aromatic heterocycles. The number of epoxide rings is 1. The summed E-state index contributed by atoms with van der Waals surface area (Å²) in [5.74, 6) is 0. The van der Waals surface area contributed by atoms with E-state index in [0.29, 0.717) is 5.25 Å². The first-order valence-electron chi connectivity index (χ1n) is 5.01. The number of rotatable bonds is 3. The van der Waals surface area contributed by atoms with Crippen molar-refractivity contribution < 1.29 is 4.74 Å². The molecule has 1 atom stereocenters. The predicted molar refractivity (Wildman–Crippen MR) is 60.7 cm³/mol. The fraction of sp³-hybridized carbons (Fsp3) is 0.500. The number of hydrogen-bond acceptors (Lipinski definition) is 2. The van der Waals surface area contributed by atoms with E-state index in [9.17, 15) is 0 Å². The highest BCUT2D eigenvalue weighted by molar-refractivity contribution is 7.99. The smallest absolute Gasteiger partial charge is 0.114 e. The lowest BCUT2D eigenvalue weighted by Crippen LogP contribution is -2.01. The van der Waals surface area contributed by atoms with E-state index in [1.54, 1.807) is 0 Å². The Morgan fingerprint density at radius 2 is 1.86 bits per heavy atom. The van der Waals surface area contributed by atoms with Gasteiger partial charge in [0.15, 0.2) is 0 Å². The van der Waals surface area contributed by atoms with Crippen LogP contribution in [0.3, 0.4) is 0 Å². The van der Waals surface area contributed by atoms with Gasteiger partial charge in [0, 0.05) is 10.1 Å². The van der Waals surface area contributed by atoms with Gasteiger partial charge < -0.3 is 4.74 Å². The summed E-state index contributed by atoms with van der Waals surface area (Å²) < 4.78 is 5.40. The Morgan fingerprint density at radius 3 is 2.29 bits per heavy atom. The molecule has 1 fully saturated rings. The van der Waals surface area contributed by atoms with E-state index in [1.165, 1.54) is 10.5 Å². The summed E-state index contributed by atoms with van der Waals surface area (Å²) in [5.41, 5.74) is 1.31. The lowest BCUT2D eigenvalue weighted by Gasteiger charge is -2.08. The van der Waals surface area contributed by atoms with Crippen molar-refractivity contribution in [2.75, 3.05) is 6.61 Å². The molecule has 1 aliphatic heterocycles. The van der Waals surface area contributed by atoms with Crippen molar-refractivity contribution in [3.63, 3.8) is 0 Å². The van der Waals surface area contributed by atoms with E-state index < -0.39 is 0 Å². The lowest BCUT2D eigenvalue weighted by molar-refractivity contribution is 0.329. The number of ether oxygens (including phenoxy) is 1. The van der Waals surface area contributed by atoms with Crippen molar-refractivity contribution in [2.45, 2.75) is 36.5 Å². The Hall–Kier alpha value is -0.470. The summed E-state index contributed by atoms with van der Waals surface area (Å²) in [6.45, 7) is 7.43. The Morgan fingerprint density at radius 1 is 1.29 bits per heavy atom. The van der Waals surface area contributed by atoms with Crippen LogP contribution in [0.15, 0.2) is 29.2 Å². The molecule has 0 aliphatic carbocycles. The highest BCUT2D eigenvalue weighted by Gasteiger charge is 2.40. The number of benzene rings is 1. The van der Waals surface area contributed by atoms with Gasteiger partial charge >= 0.3 is 0 Å². The highest BCUT2D eigenvalue weighted by Crippen LogP contribution is 2.38. The zero-order chi connectivity index (χ0) is 10.2. The first kappa shape index (κ1) is 10.1. The summed E-state index contributed by atoms with van der Waals surface area (Å²) in [5, 5.41) is 0.647.